The third-order valence-electron chi connectivity index (χ3n) is 14.0. The molecule has 426 valence electrons. The van der Waals surface area contributed by atoms with Crippen molar-refractivity contribution in [2.75, 3.05) is 33.0 Å². The van der Waals surface area contributed by atoms with Crippen molar-refractivity contribution in [1.82, 2.24) is 4.98 Å². The monoisotopic (exact) mass is 1120 g/mol. The van der Waals surface area contributed by atoms with Crippen LogP contribution >= 0.6 is 11.3 Å². The second-order valence-electron chi connectivity index (χ2n) is 19.7. The Kier molecular flexibility index (Phi) is 24.0. The fourth-order valence-electron chi connectivity index (χ4n) is 9.32. The number of carbonyl (C=O) groups excluding carboxylic acids is 6. The summed E-state index contributed by atoms with van der Waals surface area (Å²) in [4.78, 5) is 80.3. The molecule has 0 aliphatic heterocycles. The van der Waals surface area contributed by atoms with Crippen molar-refractivity contribution < 1.29 is 66.7 Å². The molecule has 0 amide bonds. The molecular weight excluding hydrogens is 1060 g/mol. The minimum Gasteiger partial charge on any atom is -0.494 e. The molecular formula is C62H68N4O14S. The Balaban J connectivity index is 0.850. The lowest BCUT2D eigenvalue weighted by Crippen LogP contribution is -2.30. The number of carbonyl (C=O) groups is 6. The van der Waals surface area contributed by atoms with Gasteiger partial charge in [-0.2, -0.15) is 5.26 Å². The Bertz CT molecular complexity index is 2990. The maximum absolute atomic E-state index is 13.7. The van der Waals surface area contributed by atoms with Crippen LogP contribution < -0.4 is 23.7 Å². The molecule has 5 aromatic rings. The van der Waals surface area contributed by atoms with Gasteiger partial charge in [0.05, 0.1) is 78.7 Å². The van der Waals surface area contributed by atoms with Gasteiger partial charge in [0.25, 0.3) is 0 Å². The molecule has 2 saturated carbocycles. The first-order valence-electron chi connectivity index (χ1n) is 27.7. The van der Waals surface area contributed by atoms with Crippen LogP contribution in [0.25, 0.3) is 10.2 Å². The molecule has 0 N–H and O–H groups in total. The van der Waals surface area contributed by atoms with Crippen LogP contribution in [0.1, 0.15) is 114 Å². The maximum Gasteiger partial charge on any atom is 0.330 e. The van der Waals surface area contributed by atoms with Crippen LogP contribution in [0.15, 0.2) is 120 Å². The highest BCUT2D eigenvalue weighted by atomic mass is 32.1. The fraction of sp³-hybridized carbons (Fsp3) is 0.419. The largest absolute Gasteiger partial charge is 0.494 e. The van der Waals surface area contributed by atoms with Gasteiger partial charge in [0.2, 0.25) is 5.13 Å². The number of thiazole rings is 1. The molecule has 81 heavy (non-hydrogen) atoms. The SMILES string of the molecule is C=CC(=O)OCCCCCCOc1ccc(OC(=O)C2CCC(C(=O)OCCc3ccc(OC(=O)C4CCC(C(=O)Oc5ccc(OCCCCCCOC(=O)C=C)cc5)CC4)c4nc(/N=N\c5ccc(C#N)cc5)sc34)CC2)cc1. The summed E-state index contributed by atoms with van der Waals surface area (Å²) in [6, 6.07) is 26.0. The van der Waals surface area contributed by atoms with E-state index in [1.165, 1.54) is 11.3 Å². The molecule has 18 nitrogen and oxygen atoms in total. The van der Waals surface area contributed by atoms with E-state index >= 15 is 0 Å². The summed E-state index contributed by atoms with van der Waals surface area (Å²) in [6.07, 6.45) is 13.3. The number of unbranched alkanes of at least 4 members (excludes halogenated alkanes) is 6. The highest BCUT2D eigenvalue weighted by Gasteiger charge is 2.34. The normalized spacial score (nSPS) is 16.8. The Morgan fingerprint density at radius 3 is 1.43 bits per heavy atom. The van der Waals surface area contributed by atoms with Gasteiger partial charge >= 0.3 is 35.8 Å². The fourth-order valence-corrected chi connectivity index (χ4v) is 10.3. The predicted octanol–water partition coefficient (Wildman–Crippen LogP) is 12.7. The summed E-state index contributed by atoms with van der Waals surface area (Å²) in [7, 11) is 0. The van der Waals surface area contributed by atoms with E-state index in [4.69, 9.17) is 42.9 Å². The van der Waals surface area contributed by atoms with Crippen LogP contribution in [0.2, 0.25) is 0 Å². The summed E-state index contributed by atoms with van der Waals surface area (Å²) in [5.41, 5.74) is 2.20. The molecule has 0 spiro atoms. The van der Waals surface area contributed by atoms with E-state index in [0.29, 0.717) is 134 Å². The van der Waals surface area contributed by atoms with Gasteiger partial charge in [0, 0.05) is 18.6 Å². The molecule has 1 aromatic heterocycles. The van der Waals surface area contributed by atoms with E-state index in [2.05, 4.69) is 29.5 Å². The minimum atomic E-state index is -0.453. The van der Waals surface area contributed by atoms with E-state index in [0.717, 1.165) is 69.1 Å². The van der Waals surface area contributed by atoms with Gasteiger partial charge in [-0.25, -0.2) is 14.6 Å². The van der Waals surface area contributed by atoms with Gasteiger partial charge in [0.1, 0.15) is 28.5 Å². The molecule has 4 aromatic carbocycles. The number of aromatic nitrogens is 1. The van der Waals surface area contributed by atoms with Crippen LogP contribution in [-0.4, -0.2) is 73.8 Å². The molecule has 2 aliphatic carbocycles. The average Bonchev–Trinajstić information content (AvgIpc) is 4.09. The van der Waals surface area contributed by atoms with E-state index in [1.54, 1.807) is 78.9 Å². The van der Waals surface area contributed by atoms with Crippen molar-refractivity contribution in [2.24, 2.45) is 33.9 Å². The molecule has 0 unspecified atom stereocenters. The number of rotatable bonds is 30. The maximum atomic E-state index is 13.7. The molecule has 2 aliphatic rings. The van der Waals surface area contributed by atoms with Crippen LogP contribution in [0.4, 0.5) is 10.8 Å². The number of benzene rings is 4. The van der Waals surface area contributed by atoms with E-state index in [9.17, 15) is 34.0 Å². The third kappa shape index (κ3) is 19.5. The number of esters is 6. The molecule has 0 atom stereocenters. The lowest BCUT2D eigenvalue weighted by molar-refractivity contribution is -0.152. The topological polar surface area (TPSA) is 238 Å². The van der Waals surface area contributed by atoms with Crippen molar-refractivity contribution in [3.05, 3.63) is 121 Å². The number of hydrogen-bond donors (Lipinski definition) is 0. The number of fused-ring (bicyclic) bond motifs is 1. The summed E-state index contributed by atoms with van der Waals surface area (Å²) in [6.45, 7) is 8.65. The third-order valence-corrected chi connectivity index (χ3v) is 15.0. The van der Waals surface area contributed by atoms with Crippen LogP contribution in [0.3, 0.4) is 0 Å². The van der Waals surface area contributed by atoms with Crippen LogP contribution in [-0.2, 0) is 49.4 Å². The van der Waals surface area contributed by atoms with Crippen molar-refractivity contribution in [3.8, 4) is 34.8 Å². The summed E-state index contributed by atoms with van der Waals surface area (Å²) in [5, 5.41) is 18.2. The van der Waals surface area contributed by atoms with E-state index < -0.39 is 23.8 Å². The zero-order chi connectivity index (χ0) is 57.2. The smallest absolute Gasteiger partial charge is 0.330 e. The number of azo groups is 1. The van der Waals surface area contributed by atoms with Crippen molar-refractivity contribution in [1.29, 1.82) is 5.26 Å². The average molecular weight is 1130 g/mol. The lowest BCUT2D eigenvalue weighted by Gasteiger charge is -2.26. The van der Waals surface area contributed by atoms with Gasteiger partial charge < -0.3 is 37.9 Å². The molecule has 0 radical (unpaired) electrons. The molecule has 0 bridgehead atoms. The standard InChI is InChI=1S/C62H68N4O14S/c1-3-54(67)75-38-11-7-5-9-36-73-49-26-30-51(31-27-49)78-59(70)45-17-15-44(16-18-45)58(69)77-40-35-43-23-34-53(56-57(43)81-62(64-56)66-65-48-24-13-42(41-63)14-25-48)80-61(72)47-21-19-46(20-22-47)60(71)79-52-32-28-50(29-33-52)74-37-10-6-8-12-39-76-55(68)4-2/h3-4,13-14,23-34,44-47H,1-2,5-12,15-22,35-40H2/b66-65-. The first-order chi connectivity index (χ1) is 39.5. The zero-order valence-electron chi connectivity index (χ0n) is 45.4. The first-order valence-corrected chi connectivity index (χ1v) is 28.5. The first kappa shape index (κ1) is 60.4. The van der Waals surface area contributed by atoms with Crippen LogP contribution in [0, 0.1) is 35.0 Å². The quantitative estimate of drug-likeness (QED) is 0.0104. The highest BCUT2D eigenvalue weighted by molar-refractivity contribution is 7.22. The number of nitriles is 1. The Labute approximate surface area is 475 Å². The molecule has 7 rings (SSSR count). The second-order valence-corrected chi connectivity index (χ2v) is 20.7. The van der Waals surface area contributed by atoms with Crippen molar-refractivity contribution >= 4 is 68.2 Å². The van der Waals surface area contributed by atoms with Gasteiger partial charge in [-0.05, 0) is 187 Å². The van der Waals surface area contributed by atoms with Gasteiger partial charge in [-0.1, -0.05) is 30.6 Å². The Morgan fingerprint density at radius 1 is 0.519 bits per heavy atom. The Hall–Kier alpha value is -8.24. The summed E-state index contributed by atoms with van der Waals surface area (Å²) >= 11 is 1.25. The molecule has 1 heterocycles. The molecule has 2 fully saturated rings. The highest BCUT2D eigenvalue weighted by Crippen LogP contribution is 2.39. The van der Waals surface area contributed by atoms with Crippen molar-refractivity contribution in [2.45, 2.75) is 109 Å². The van der Waals surface area contributed by atoms with E-state index in [1.807, 2.05) is 6.07 Å². The van der Waals surface area contributed by atoms with E-state index in [-0.39, 0.29) is 48.0 Å². The minimum absolute atomic E-state index is 0.0798. The van der Waals surface area contributed by atoms with Gasteiger partial charge in [-0.15, -0.1) is 10.2 Å². The second kappa shape index (κ2) is 32.1. The molecule has 19 heteroatoms. The predicted molar refractivity (Wildman–Crippen MR) is 301 cm³/mol. The number of ether oxygens (including phenoxy) is 8. The molecule has 0 saturated heterocycles. The lowest BCUT2D eigenvalue weighted by atomic mass is 9.82. The summed E-state index contributed by atoms with van der Waals surface area (Å²) in [5.74, 6) is -1.45. The Morgan fingerprint density at radius 2 is 0.963 bits per heavy atom. The number of nitrogens with zero attached hydrogens (tertiary/aromatic N) is 4. The zero-order valence-corrected chi connectivity index (χ0v) is 46.2. The van der Waals surface area contributed by atoms with Gasteiger partial charge in [-0.3, -0.25) is 19.2 Å². The van der Waals surface area contributed by atoms with Crippen LogP contribution in [0.5, 0.6) is 28.7 Å². The van der Waals surface area contributed by atoms with Gasteiger partial charge in [0.15, 0.2) is 5.75 Å². The van der Waals surface area contributed by atoms with Crippen molar-refractivity contribution in [3.63, 3.8) is 0 Å². The summed E-state index contributed by atoms with van der Waals surface area (Å²) < 4.78 is 45.5. The number of hydrogen-bond acceptors (Lipinski definition) is 19.